The molecular weight excluding hydrogens is 246 g/mol. The number of carbonyl (C=O) groups excluding carboxylic acids is 2. The average molecular weight is 269 g/mol. The van der Waals surface area contributed by atoms with Crippen LogP contribution in [0.4, 0.5) is 0 Å². The minimum absolute atomic E-state index is 0.0532. The lowest BCUT2D eigenvalue weighted by molar-refractivity contribution is -0.153. The van der Waals surface area contributed by atoms with Gasteiger partial charge < -0.3 is 15.0 Å². The van der Waals surface area contributed by atoms with Gasteiger partial charge in [-0.15, -0.1) is 0 Å². The van der Waals surface area contributed by atoms with Gasteiger partial charge in [-0.3, -0.25) is 9.69 Å². The molecule has 1 amide bonds. The summed E-state index contributed by atoms with van der Waals surface area (Å²) in [5.74, 6) is -0.203. The lowest BCUT2D eigenvalue weighted by Crippen LogP contribution is -2.50. The highest BCUT2D eigenvalue weighted by atomic mass is 16.5. The number of piperazine rings is 1. The van der Waals surface area contributed by atoms with Gasteiger partial charge in [0.05, 0.1) is 13.2 Å². The van der Waals surface area contributed by atoms with Crippen molar-refractivity contribution in [3.05, 3.63) is 0 Å². The van der Waals surface area contributed by atoms with E-state index in [0.717, 1.165) is 39.0 Å². The molecule has 108 valence electrons. The van der Waals surface area contributed by atoms with Crippen molar-refractivity contribution >= 4 is 11.9 Å². The molecule has 2 rings (SSSR count). The van der Waals surface area contributed by atoms with Gasteiger partial charge in [-0.1, -0.05) is 0 Å². The summed E-state index contributed by atoms with van der Waals surface area (Å²) in [7, 11) is 0. The van der Waals surface area contributed by atoms with E-state index in [4.69, 9.17) is 4.74 Å². The Morgan fingerprint density at radius 1 is 1.26 bits per heavy atom. The molecule has 0 aromatic carbocycles. The van der Waals surface area contributed by atoms with Gasteiger partial charge >= 0.3 is 5.97 Å². The second kappa shape index (κ2) is 6.86. The van der Waals surface area contributed by atoms with Gasteiger partial charge in [-0.05, 0) is 19.8 Å². The molecule has 2 aliphatic heterocycles. The Bertz CT molecular complexity index is 329. The van der Waals surface area contributed by atoms with Crippen molar-refractivity contribution in [3.63, 3.8) is 0 Å². The maximum atomic E-state index is 12.3. The maximum Gasteiger partial charge on any atom is 0.328 e. The molecule has 0 aliphatic carbocycles. The van der Waals surface area contributed by atoms with E-state index in [1.807, 2.05) is 0 Å². The SMILES string of the molecule is CCOC(=O)C1CCCN1C(=O)CN1CCNCC1. The smallest absolute Gasteiger partial charge is 0.328 e. The fraction of sp³-hybridized carbons (Fsp3) is 0.846. The van der Waals surface area contributed by atoms with Gasteiger partial charge in [0, 0.05) is 32.7 Å². The second-order valence-corrected chi connectivity index (χ2v) is 5.02. The molecule has 1 N–H and O–H groups in total. The van der Waals surface area contributed by atoms with Gasteiger partial charge in [-0.2, -0.15) is 0 Å². The number of hydrogen-bond donors (Lipinski definition) is 1. The molecule has 19 heavy (non-hydrogen) atoms. The molecule has 6 heteroatoms. The average Bonchev–Trinajstić information content (AvgIpc) is 2.89. The largest absolute Gasteiger partial charge is 0.464 e. The number of likely N-dealkylation sites (tertiary alicyclic amines) is 1. The highest BCUT2D eigenvalue weighted by Gasteiger charge is 2.35. The van der Waals surface area contributed by atoms with Crippen molar-refractivity contribution in [1.82, 2.24) is 15.1 Å². The quantitative estimate of drug-likeness (QED) is 0.694. The third-order valence-corrected chi connectivity index (χ3v) is 3.70. The van der Waals surface area contributed by atoms with E-state index in [1.165, 1.54) is 0 Å². The molecule has 0 aromatic rings. The van der Waals surface area contributed by atoms with E-state index in [9.17, 15) is 9.59 Å². The molecule has 0 aromatic heterocycles. The zero-order valence-corrected chi connectivity index (χ0v) is 11.6. The third-order valence-electron chi connectivity index (χ3n) is 3.70. The Morgan fingerprint density at radius 3 is 2.68 bits per heavy atom. The van der Waals surface area contributed by atoms with E-state index < -0.39 is 0 Å². The van der Waals surface area contributed by atoms with Crippen LogP contribution in [0.2, 0.25) is 0 Å². The Labute approximate surface area is 114 Å². The van der Waals surface area contributed by atoms with Crippen LogP contribution in [-0.2, 0) is 14.3 Å². The number of nitrogens with one attached hydrogen (secondary N) is 1. The molecule has 2 saturated heterocycles. The lowest BCUT2D eigenvalue weighted by Gasteiger charge is -2.30. The first-order valence-corrected chi connectivity index (χ1v) is 7.11. The molecule has 0 radical (unpaired) electrons. The number of nitrogens with zero attached hydrogens (tertiary/aromatic N) is 2. The predicted octanol–water partition coefficient (Wildman–Crippen LogP) is -0.554. The molecule has 6 nitrogen and oxygen atoms in total. The van der Waals surface area contributed by atoms with Crippen LogP contribution in [0.15, 0.2) is 0 Å². The molecule has 0 bridgehead atoms. The molecule has 2 aliphatic rings. The van der Waals surface area contributed by atoms with Crippen LogP contribution < -0.4 is 5.32 Å². The molecular formula is C13H23N3O3. The number of carbonyl (C=O) groups is 2. The number of rotatable bonds is 4. The van der Waals surface area contributed by atoms with Gasteiger partial charge in [0.2, 0.25) is 5.91 Å². The zero-order chi connectivity index (χ0) is 13.7. The van der Waals surface area contributed by atoms with Gasteiger partial charge in [0.15, 0.2) is 0 Å². The summed E-state index contributed by atoms with van der Waals surface area (Å²) in [6.45, 7) is 6.89. The van der Waals surface area contributed by atoms with E-state index >= 15 is 0 Å². The molecule has 0 saturated carbocycles. The van der Waals surface area contributed by atoms with E-state index in [1.54, 1.807) is 11.8 Å². The molecule has 0 spiro atoms. The fourth-order valence-electron chi connectivity index (χ4n) is 2.70. The number of amides is 1. The van der Waals surface area contributed by atoms with Crippen LogP contribution >= 0.6 is 0 Å². The highest BCUT2D eigenvalue weighted by molar-refractivity contribution is 5.86. The Morgan fingerprint density at radius 2 is 2.00 bits per heavy atom. The maximum absolute atomic E-state index is 12.3. The first kappa shape index (κ1) is 14.3. The summed E-state index contributed by atoms with van der Waals surface area (Å²) < 4.78 is 5.04. The molecule has 1 atom stereocenters. The van der Waals surface area contributed by atoms with Gasteiger partial charge in [0.1, 0.15) is 6.04 Å². The minimum Gasteiger partial charge on any atom is -0.464 e. The predicted molar refractivity (Wildman–Crippen MR) is 70.7 cm³/mol. The summed E-state index contributed by atoms with van der Waals surface area (Å²) in [5, 5.41) is 3.26. The van der Waals surface area contributed by atoms with Gasteiger partial charge in [-0.25, -0.2) is 4.79 Å². The monoisotopic (exact) mass is 269 g/mol. The van der Waals surface area contributed by atoms with Gasteiger partial charge in [0.25, 0.3) is 0 Å². The molecule has 2 heterocycles. The lowest BCUT2D eigenvalue weighted by atomic mass is 10.2. The summed E-state index contributed by atoms with van der Waals surface area (Å²) in [4.78, 5) is 27.9. The van der Waals surface area contributed by atoms with Crippen LogP contribution in [0.1, 0.15) is 19.8 Å². The van der Waals surface area contributed by atoms with Crippen molar-refractivity contribution < 1.29 is 14.3 Å². The van der Waals surface area contributed by atoms with Crippen molar-refractivity contribution in [2.45, 2.75) is 25.8 Å². The van der Waals surface area contributed by atoms with E-state index in [-0.39, 0.29) is 17.9 Å². The first-order valence-electron chi connectivity index (χ1n) is 7.11. The summed E-state index contributed by atoms with van der Waals surface area (Å²) in [5.41, 5.74) is 0. The van der Waals surface area contributed by atoms with Crippen molar-refractivity contribution in [2.24, 2.45) is 0 Å². The number of ether oxygens (including phenoxy) is 1. The summed E-state index contributed by atoms with van der Waals surface area (Å²) in [6.07, 6.45) is 1.61. The molecule has 2 fully saturated rings. The molecule has 1 unspecified atom stereocenters. The van der Waals surface area contributed by atoms with Crippen LogP contribution in [0, 0.1) is 0 Å². The zero-order valence-electron chi connectivity index (χ0n) is 11.6. The van der Waals surface area contributed by atoms with Crippen LogP contribution in [0.5, 0.6) is 0 Å². The Kier molecular flexibility index (Phi) is 5.15. The van der Waals surface area contributed by atoms with Crippen LogP contribution in [-0.4, -0.2) is 73.6 Å². The number of hydrogen-bond acceptors (Lipinski definition) is 5. The Balaban J connectivity index is 1.87. The Hall–Kier alpha value is -1.14. The van der Waals surface area contributed by atoms with Crippen molar-refractivity contribution in [3.8, 4) is 0 Å². The number of esters is 1. The van der Waals surface area contributed by atoms with Crippen molar-refractivity contribution in [1.29, 1.82) is 0 Å². The van der Waals surface area contributed by atoms with Crippen LogP contribution in [0.25, 0.3) is 0 Å². The topological polar surface area (TPSA) is 61.9 Å². The summed E-state index contributed by atoms with van der Waals surface area (Å²) >= 11 is 0. The van der Waals surface area contributed by atoms with Crippen LogP contribution in [0.3, 0.4) is 0 Å². The highest BCUT2D eigenvalue weighted by Crippen LogP contribution is 2.19. The van der Waals surface area contributed by atoms with Crippen molar-refractivity contribution in [2.75, 3.05) is 45.9 Å². The van der Waals surface area contributed by atoms with E-state index in [2.05, 4.69) is 10.2 Å². The summed E-state index contributed by atoms with van der Waals surface area (Å²) in [6, 6.07) is -0.365. The van der Waals surface area contributed by atoms with E-state index in [0.29, 0.717) is 19.7 Å². The second-order valence-electron chi connectivity index (χ2n) is 5.02. The third kappa shape index (κ3) is 3.67. The fourth-order valence-corrected chi connectivity index (χ4v) is 2.70. The first-order chi connectivity index (χ1) is 9.22. The minimum atomic E-state index is -0.365. The standard InChI is InChI=1S/C13H23N3O3/c1-2-19-13(18)11-4-3-7-16(11)12(17)10-15-8-5-14-6-9-15/h11,14H,2-10H2,1H3. The normalized spacial score (nSPS) is 24.5.